The Labute approximate surface area is 181 Å². The first-order valence-corrected chi connectivity index (χ1v) is 9.85. The van der Waals surface area contributed by atoms with Crippen LogP contribution in [0, 0.1) is 5.92 Å². The number of aromatic nitrogens is 1. The van der Waals surface area contributed by atoms with Gasteiger partial charge < -0.3 is 20.2 Å². The average molecular weight is 449 g/mol. The Hall–Kier alpha value is -3.40. The van der Waals surface area contributed by atoms with Crippen molar-refractivity contribution < 1.29 is 32.3 Å². The van der Waals surface area contributed by atoms with Crippen molar-refractivity contribution >= 4 is 28.7 Å². The van der Waals surface area contributed by atoms with E-state index >= 15 is 0 Å². The maximum Gasteiger partial charge on any atom is 0.490 e. The normalized spacial score (nSPS) is 18.2. The van der Waals surface area contributed by atoms with Crippen LogP contribution in [0.5, 0.6) is 0 Å². The zero-order valence-corrected chi connectivity index (χ0v) is 17.2. The van der Waals surface area contributed by atoms with Crippen LogP contribution in [0.2, 0.25) is 0 Å². The van der Waals surface area contributed by atoms with E-state index in [0.717, 1.165) is 41.6 Å². The lowest BCUT2D eigenvalue weighted by Gasteiger charge is -2.21. The van der Waals surface area contributed by atoms with Gasteiger partial charge in [-0.25, -0.2) is 9.78 Å². The number of carboxylic acids is 1. The van der Waals surface area contributed by atoms with Crippen molar-refractivity contribution in [3.05, 3.63) is 48.5 Å². The number of rotatable bonds is 3. The van der Waals surface area contributed by atoms with E-state index in [9.17, 15) is 18.0 Å². The third-order valence-electron chi connectivity index (χ3n) is 5.19. The van der Waals surface area contributed by atoms with E-state index in [2.05, 4.69) is 4.98 Å². The van der Waals surface area contributed by atoms with Crippen molar-refractivity contribution in [1.82, 2.24) is 4.98 Å². The molecule has 0 bridgehead atoms. The number of hydrogen-bond acceptors (Lipinski definition) is 5. The number of carbonyl (C=O) groups excluding carboxylic acids is 1. The molecule has 1 aliphatic rings. The number of amides is 1. The molecule has 1 aromatic heterocycles. The lowest BCUT2D eigenvalue weighted by molar-refractivity contribution is -0.192. The van der Waals surface area contributed by atoms with Crippen LogP contribution in [-0.2, 0) is 9.59 Å². The van der Waals surface area contributed by atoms with E-state index in [1.807, 2.05) is 55.6 Å². The Kier molecular flexibility index (Phi) is 6.83. The van der Waals surface area contributed by atoms with Crippen molar-refractivity contribution in [3.8, 4) is 11.5 Å². The molecule has 1 fully saturated rings. The Bertz CT molecular complexity index is 1060. The molecular weight excluding hydrogens is 427 g/mol. The second-order valence-electron chi connectivity index (χ2n) is 7.50. The number of benzene rings is 2. The molecule has 1 aliphatic carbocycles. The monoisotopic (exact) mass is 449 g/mol. The minimum atomic E-state index is -5.08. The van der Waals surface area contributed by atoms with Crippen LogP contribution in [0.25, 0.3) is 22.6 Å². The molecule has 3 N–H and O–H groups in total. The smallest absolute Gasteiger partial charge is 0.475 e. The van der Waals surface area contributed by atoms with Crippen molar-refractivity contribution in [2.45, 2.75) is 31.5 Å². The van der Waals surface area contributed by atoms with Gasteiger partial charge in [-0.05, 0) is 55.7 Å². The van der Waals surface area contributed by atoms with Gasteiger partial charge >= 0.3 is 12.1 Å². The van der Waals surface area contributed by atoms with Crippen LogP contribution in [0.1, 0.15) is 19.3 Å². The Morgan fingerprint density at radius 1 is 1.12 bits per heavy atom. The number of carbonyl (C=O) groups is 2. The molecule has 10 heteroatoms. The summed E-state index contributed by atoms with van der Waals surface area (Å²) in [4.78, 5) is 27.7. The zero-order valence-electron chi connectivity index (χ0n) is 17.2. The molecule has 0 radical (unpaired) electrons. The minimum Gasteiger partial charge on any atom is -0.475 e. The van der Waals surface area contributed by atoms with Crippen molar-refractivity contribution in [3.63, 3.8) is 0 Å². The van der Waals surface area contributed by atoms with E-state index in [1.165, 1.54) is 0 Å². The van der Waals surface area contributed by atoms with E-state index in [4.69, 9.17) is 20.1 Å². The third kappa shape index (κ3) is 5.44. The van der Waals surface area contributed by atoms with Crippen LogP contribution < -0.4 is 10.6 Å². The number of carboxylic acid groups (broad SMARTS) is 1. The quantitative estimate of drug-likeness (QED) is 0.620. The van der Waals surface area contributed by atoms with Crippen LogP contribution in [0.4, 0.5) is 18.9 Å². The molecule has 1 amide bonds. The number of halogens is 3. The molecule has 3 aromatic rings. The number of oxazole rings is 1. The summed E-state index contributed by atoms with van der Waals surface area (Å²) in [6, 6.07) is 15.6. The molecule has 0 spiro atoms. The maximum absolute atomic E-state index is 12.6. The first kappa shape index (κ1) is 23.3. The fourth-order valence-corrected chi connectivity index (χ4v) is 3.47. The van der Waals surface area contributed by atoms with Gasteiger partial charge in [-0.3, -0.25) is 4.79 Å². The number of aliphatic carboxylic acids is 1. The Morgan fingerprint density at radius 2 is 1.75 bits per heavy atom. The number of nitrogens with zero attached hydrogens (tertiary/aromatic N) is 2. The predicted octanol–water partition coefficient (Wildman–Crippen LogP) is 4.22. The van der Waals surface area contributed by atoms with Crippen molar-refractivity contribution in [2.75, 3.05) is 11.9 Å². The lowest BCUT2D eigenvalue weighted by atomic mass is 10.1. The fraction of sp³-hybridized carbons (Fsp3) is 0.318. The molecule has 4 rings (SSSR count). The summed E-state index contributed by atoms with van der Waals surface area (Å²) in [5.41, 5.74) is 9.30. The number of nitrogens with two attached hydrogens (primary N) is 1. The molecule has 0 aliphatic heterocycles. The minimum absolute atomic E-state index is 0.0386. The number of hydrogen-bond donors (Lipinski definition) is 2. The number of fused-ring (bicyclic) bond motifs is 1. The summed E-state index contributed by atoms with van der Waals surface area (Å²) in [6.07, 6.45) is -2.49. The number of anilines is 1. The van der Waals surface area contributed by atoms with Gasteiger partial charge in [0.1, 0.15) is 5.52 Å². The molecule has 170 valence electrons. The summed E-state index contributed by atoms with van der Waals surface area (Å²) in [6.45, 7) is 0. The molecule has 0 saturated heterocycles. The topological polar surface area (TPSA) is 110 Å². The second-order valence-corrected chi connectivity index (χ2v) is 7.50. The highest BCUT2D eigenvalue weighted by Gasteiger charge is 2.38. The summed E-state index contributed by atoms with van der Waals surface area (Å²) in [7, 11) is 1.82. The summed E-state index contributed by atoms with van der Waals surface area (Å²) in [5, 5.41) is 7.12. The lowest BCUT2D eigenvalue weighted by Crippen LogP contribution is -2.32. The average Bonchev–Trinajstić information content (AvgIpc) is 3.39. The van der Waals surface area contributed by atoms with E-state index in [0.29, 0.717) is 5.89 Å². The van der Waals surface area contributed by atoms with Gasteiger partial charge in [-0.15, -0.1) is 0 Å². The summed E-state index contributed by atoms with van der Waals surface area (Å²) >= 11 is 0. The van der Waals surface area contributed by atoms with Gasteiger partial charge in [0, 0.05) is 30.3 Å². The second kappa shape index (κ2) is 9.39. The highest BCUT2D eigenvalue weighted by molar-refractivity contribution is 5.95. The van der Waals surface area contributed by atoms with Gasteiger partial charge in [0.2, 0.25) is 11.8 Å². The third-order valence-corrected chi connectivity index (χ3v) is 5.19. The van der Waals surface area contributed by atoms with Crippen LogP contribution in [0.15, 0.2) is 52.9 Å². The fourth-order valence-electron chi connectivity index (χ4n) is 3.47. The molecule has 1 saturated carbocycles. The highest BCUT2D eigenvalue weighted by atomic mass is 19.4. The first-order valence-electron chi connectivity index (χ1n) is 9.85. The molecule has 0 unspecified atom stereocenters. The van der Waals surface area contributed by atoms with Gasteiger partial charge in [0.25, 0.3) is 0 Å². The highest BCUT2D eigenvalue weighted by Crippen LogP contribution is 2.29. The van der Waals surface area contributed by atoms with Gasteiger partial charge in [0.15, 0.2) is 5.58 Å². The summed E-state index contributed by atoms with van der Waals surface area (Å²) < 4.78 is 37.5. The van der Waals surface area contributed by atoms with Gasteiger partial charge in [0.05, 0.1) is 0 Å². The first-order chi connectivity index (χ1) is 15.1. The summed E-state index contributed by atoms with van der Waals surface area (Å²) in [5.74, 6) is -1.99. The van der Waals surface area contributed by atoms with Crippen LogP contribution in [0.3, 0.4) is 0 Å². The van der Waals surface area contributed by atoms with Crippen LogP contribution in [-0.4, -0.2) is 41.2 Å². The van der Waals surface area contributed by atoms with Crippen molar-refractivity contribution in [1.29, 1.82) is 0 Å². The van der Waals surface area contributed by atoms with Gasteiger partial charge in [-0.1, -0.05) is 12.1 Å². The molecule has 1 heterocycles. The molecule has 32 heavy (non-hydrogen) atoms. The van der Waals surface area contributed by atoms with E-state index in [-0.39, 0.29) is 17.9 Å². The Morgan fingerprint density at radius 3 is 2.28 bits per heavy atom. The number of alkyl halides is 3. The van der Waals surface area contributed by atoms with Gasteiger partial charge in [-0.2, -0.15) is 13.2 Å². The number of para-hydroxylation sites is 2. The van der Waals surface area contributed by atoms with Crippen molar-refractivity contribution in [2.24, 2.45) is 11.7 Å². The molecule has 2 aromatic carbocycles. The largest absolute Gasteiger partial charge is 0.490 e. The predicted molar refractivity (Wildman–Crippen MR) is 112 cm³/mol. The molecule has 2 atom stereocenters. The van der Waals surface area contributed by atoms with E-state index in [1.54, 1.807) is 4.90 Å². The maximum atomic E-state index is 12.6. The zero-order chi connectivity index (χ0) is 23.5. The molecule has 7 nitrogen and oxygen atoms in total. The van der Waals surface area contributed by atoms with E-state index < -0.39 is 12.1 Å². The van der Waals surface area contributed by atoms with Crippen LogP contribution >= 0.6 is 0 Å². The SMILES string of the molecule is CN(C(=O)[C@@H]1CC[C@H](N)C1)c1ccc(-c2nc3ccccc3o2)cc1.O=C(O)C(F)(F)F. The standard InChI is InChI=1S/C20H21N3O2.C2HF3O2/c1-23(20(24)14-6-9-15(21)12-14)16-10-7-13(8-11-16)19-22-17-4-2-3-5-18(17)25-19;3-2(4,5)1(6)7/h2-5,7-8,10-11,14-15H,6,9,12,21H2,1H3;(H,6,7)/t14-,15+;/m1./s1. The molecular formula is C22H22F3N3O4. The Balaban J connectivity index is 0.000000360.